The van der Waals surface area contributed by atoms with Crippen LogP contribution in [0, 0.1) is 16.7 Å². The Balaban J connectivity index is 2.16. The maximum Gasteiger partial charge on any atom is 0.0624 e. The molecule has 0 aliphatic heterocycles. The van der Waals surface area contributed by atoms with Crippen molar-refractivity contribution in [3.63, 3.8) is 0 Å². The fourth-order valence-corrected chi connectivity index (χ4v) is 2.52. The van der Waals surface area contributed by atoms with Gasteiger partial charge in [-0.25, -0.2) is 0 Å². The van der Waals surface area contributed by atoms with E-state index in [4.69, 9.17) is 0 Å². The summed E-state index contributed by atoms with van der Waals surface area (Å²) in [5.74, 6) is 0.617. The molecule has 2 saturated carbocycles. The summed E-state index contributed by atoms with van der Waals surface area (Å²) in [5.41, 5.74) is 0.704. The first-order chi connectivity index (χ1) is 4.96. The van der Waals surface area contributed by atoms with E-state index in [1.165, 1.54) is 19.3 Å². The lowest BCUT2D eigenvalue weighted by Crippen LogP contribution is -2.37. The van der Waals surface area contributed by atoms with Crippen molar-refractivity contribution < 1.29 is 5.11 Å². The van der Waals surface area contributed by atoms with Crippen molar-refractivity contribution in [3.8, 4) is 0 Å². The van der Waals surface area contributed by atoms with Crippen LogP contribution in [0.3, 0.4) is 0 Å². The Labute approximate surface area is 68.8 Å². The quantitative estimate of drug-likeness (QED) is 0.567. The lowest BCUT2D eigenvalue weighted by molar-refractivity contribution is -0.0116. The summed E-state index contributed by atoms with van der Waals surface area (Å²) in [4.78, 5) is 0. The minimum Gasteiger partial charge on any atom is -0.392 e. The number of hydrogen-bond acceptors (Lipinski definition) is 1. The van der Waals surface area contributed by atoms with Gasteiger partial charge in [0.1, 0.15) is 0 Å². The molecule has 11 heavy (non-hydrogen) atoms. The van der Waals surface area contributed by atoms with Crippen LogP contribution < -0.4 is 0 Å². The molecular weight excluding hydrogens is 136 g/mol. The summed E-state index contributed by atoms with van der Waals surface area (Å²) in [6.45, 7) is 6.70. The van der Waals surface area contributed by atoms with Crippen LogP contribution >= 0.6 is 0 Å². The zero-order valence-corrected chi connectivity index (χ0v) is 7.72. The van der Waals surface area contributed by atoms with Crippen LogP contribution in [0.4, 0.5) is 0 Å². The van der Waals surface area contributed by atoms with E-state index in [1.807, 2.05) is 0 Å². The molecule has 0 aromatic carbocycles. The van der Waals surface area contributed by atoms with Gasteiger partial charge >= 0.3 is 0 Å². The number of rotatable bonds is 0. The maximum absolute atomic E-state index is 9.91. The Morgan fingerprint density at radius 3 is 2.36 bits per heavy atom. The average molecular weight is 154 g/mol. The molecule has 0 radical (unpaired) electrons. The first-order valence-corrected chi connectivity index (χ1v) is 4.64. The highest BCUT2D eigenvalue weighted by atomic mass is 16.3. The van der Waals surface area contributed by atoms with Crippen LogP contribution in [0.1, 0.15) is 40.0 Å². The third-order valence-corrected chi connectivity index (χ3v) is 3.94. The molecule has 2 aliphatic carbocycles. The van der Waals surface area contributed by atoms with E-state index in [0.29, 0.717) is 11.3 Å². The Bertz CT molecular complexity index is 185. The van der Waals surface area contributed by atoms with Gasteiger partial charge in [0, 0.05) is 0 Å². The Morgan fingerprint density at radius 1 is 1.18 bits per heavy atom. The highest BCUT2D eigenvalue weighted by Crippen LogP contribution is 2.64. The molecule has 0 amide bonds. The largest absolute Gasteiger partial charge is 0.392 e. The van der Waals surface area contributed by atoms with Gasteiger partial charge in [-0.3, -0.25) is 0 Å². The highest BCUT2D eigenvalue weighted by molar-refractivity contribution is 5.09. The smallest absolute Gasteiger partial charge is 0.0624 e. The minimum absolute atomic E-state index is 0.0405. The molecule has 0 saturated heterocycles. The van der Waals surface area contributed by atoms with Gasteiger partial charge < -0.3 is 5.11 Å². The predicted molar refractivity (Wildman–Crippen MR) is 45.2 cm³/mol. The van der Waals surface area contributed by atoms with Crippen molar-refractivity contribution in [3.05, 3.63) is 0 Å². The molecule has 1 N–H and O–H groups in total. The van der Waals surface area contributed by atoms with Gasteiger partial charge in [0.25, 0.3) is 0 Å². The number of fused-ring (bicyclic) bond motifs is 1. The lowest BCUT2D eigenvalue weighted by Gasteiger charge is -2.37. The van der Waals surface area contributed by atoms with Crippen LogP contribution in [-0.4, -0.2) is 11.2 Å². The first-order valence-electron chi connectivity index (χ1n) is 4.64. The van der Waals surface area contributed by atoms with Crippen molar-refractivity contribution in [2.45, 2.75) is 46.1 Å². The van der Waals surface area contributed by atoms with E-state index in [1.54, 1.807) is 0 Å². The highest BCUT2D eigenvalue weighted by Gasteiger charge is 2.59. The molecule has 0 unspecified atom stereocenters. The van der Waals surface area contributed by atoms with Crippen LogP contribution in [0.2, 0.25) is 0 Å². The third kappa shape index (κ3) is 0.936. The second-order valence-electron chi connectivity index (χ2n) is 5.40. The van der Waals surface area contributed by atoms with Crippen LogP contribution in [-0.2, 0) is 0 Å². The van der Waals surface area contributed by atoms with E-state index >= 15 is 0 Å². The van der Waals surface area contributed by atoms with E-state index < -0.39 is 0 Å². The zero-order chi connectivity index (χ0) is 8.28. The molecule has 1 heteroatoms. The van der Waals surface area contributed by atoms with Crippen LogP contribution in [0.5, 0.6) is 0 Å². The summed E-state index contributed by atoms with van der Waals surface area (Å²) in [6, 6.07) is 0. The molecule has 3 atom stereocenters. The predicted octanol–water partition coefficient (Wildman–Crippen LogP) is 2.19. The van der Waals surface area contributed by atoms with Gasteiger partial charge in [0.15, 0.2) is 0 Å². The summed E-state index contributed by atoms with van der Waals surface area (Å²) < 4.78 is 0. The summed E-state index contributed by atoms with van der Waals surface area (Å²) >= 11 is 0. The number of aliphatic hydroxyl groups is 1. The molecule has 1 nitrogen and oxygen atoms in total. The minimum atomic E-state index is -0.0405. The van der Waals surface area contributed by atoms with Crippen molar-refractivity contribution in [1.82, 2.24) is 0 Å². The topological polar surface area (TPSA) is 20.2 Å². The van der Waals surface area contributed by atoms with Gasteiger partial charge in [-0.2, -0.15) is 0 Å². The molecule has 0 aromatic rings. The van der Waals surface area contributed by atoms with Gasteiger partial charge in [-0.1, -0.05) is 20.8 Å². The van der Waals surface area contributed by atoms with Crippen LogP contribution in [0.15, 0.2) is 0 Å². The number of hydrogen-bond donors (Lipinski definition) is 1. The number of aliphatic hydroxyl groups excluding tert-OH is 1. The third-order valence-electron chi connectivity index (χ3n) is 3.94. The molecule has 2 aliphatic rings. The fraction of sp³-hybridized carbons (Fsp3) is 1.00. The van der Waals surface area contributed by atoms with Crippen LogP contribution in [0.25, 0.3) is 0 Å². The van der Waals surface area contributed by atoms with Crippen molar-refractivity contribution >= 4 is 0 Å². The Kier molecular flexibility index (Phi) is 1.26. The molecule has 2 fully saturated rings. The average Bonchev–Trinajstić information content (AvgIpc) is 2.57. The van der Waals surface area contributed by atoms with Gasteiger partial charge in [-0.15, -0.1) is 0 Å². The lowest BCUT2D eigenvalue weighted by atomic mass is 9.71. The summed E-state index contributed by atoms with van der Waals surface area (Å²) in [5, 5.41) is 9.91. The molecule has 0 heterocycles. The second-order valence-corrected chi connectivity index (χ2v) is 5.40. The Morgan fingerprint density at radius 2 is 1.82 bits per heavy atom. The Hall–Kier alpha value is -0.0400. The van der Waals surface area contributed by atoms with Gasteiger partial charge in [-0.05, 0) is 36.0 Å². The standard InChI is InChI=1S/C10H18O/c1-9(2)4-5-10(3)6-7(10)8(9)11/h7-8,11H,4-6H2,1-3H3/t7-,8-,10-/m1/s1. The molecule has 64 valence electrons. The normalized spacial score (nSPS) is 53.5. The molecular formula is C10H18O. The fourth-order valence-electron chi connectivity index (χ4n) is 2.52. The molecule has 0 aromatic heterocycles. The monoisotopic (exact) mass is 154 g/mol. The van der Waals surface area contributed by atoms with Gasteiger partial charge in [0.2, 0.25) is 0 Å². The van der Waals surface area contributed by atoms with E-state index in [-0.39, 0.29) is 11.5 Å². The van der Waals surface area contributed by atoms with Gasteiger partial charge in [0.05, 0.1) is 6.10 Å². The van der Waals surface area contributed by atoms with Crippen molar-refractivity contribution in [2.75, 3.05) is 0 Å². The second kappa shape index (κ2) is 1.82. The van der Waals surface area contributed by atoms with E-state index in [2.05, 4.69) is 20.8 Å². The van der Waals surface area contributed by atoms with E-state index in [9.17, 15) is 5.11 Å². The maximum atomic E-state index is 9.91. The van der Waals surface area contributed by atoms with Crippen molar-refractivity contribution in [2.24, 2.45) is 16.7 Å². The van der Waals surface area contributed by atoms with E-state index in [0.717, 1.165) is 0 Å². The van der Waals surface area contributed by atoms with Crippen molar-refractivity contribution in [1.29, 1.82) is 0 Å². The molecule has 0 bridgehead atoms. The molecule has 0 spiro atoms. The summed E-state index contributed by atoms with van der Waals surface area (Å²) in [6.07, 6.45) is 3.74. The summed E-state index contributed by atoms with van der Waals surface area (Å²) in [7, 11) is 0. The first kappa shape index (κ1) is 7.60. The zero-order valence-electron chi connectivity index (χ0n) is 7.72. The molecule has 2 rings (SSSR count). The SMILES string of the molecule is CC1(C)CC[C@]2(C)C[C@@H]2[C@H]1O.